The molecule has 0 spiro atoms. The van der Waals surface area contributed by atoms with Gasteiger partial charge in [-0.25, -0.2) is 0 Å². The molecule has 0 saturated carbocycles. The van der Waals surface area contributed by atoms with Crippen LogP contribution in [0.25, 0.3) is 22.0 Å². The Bertz CT molecular complexity index is 1180. The van der Waals surface area contributed by atoms with E-state index < -0.39 is 0 Å². The Labute approximate surface area is 189 Å². The van der Waals surface area contributed by atoms with Crippen molar-refractivity contribution in [1.29, 1.82) is 0 Å². The Morgan fingerprint density at radius 2 is 2.00 bits per heavy atom. The van der Waals surface area contributed by atoms with Crippen molar-refractivity contribution in [2.75, 3.05) is 6.54 Å². The number of rotatable bonds is 6. The first-order valence-corrected chi connectivity index (χ1v) is 11.6. The van der Waals surface area contributed by atoms with Gasteiger partial charge in [0.25, 0.3) is 0 Å². The van der Waals surface area contributed by atoms with E-state index in [9.17, 15) is 4.79 Å². The Morgan fingerprint density at radius 3 is 2.78 bits per heavy atom. The standard InChI is InChI=1S/C27H30N4O/c1-20-15-22(11-14-31(20)27(32)10-7-21-5-3-2-4-6-21)19-30-13-12-24-16-23(8-9-26(24)30)25-17-28-29-18-25/h2-6,8-9,12-13,16-18,20,22H,7,10-11,14-15,19H2,1H3,(H,28,29). The normalized spacial score (nSPS) is 18.8. The molecule has 2 aromatic carbocycles. The van der Waals surface area contributed by atoms with E-state index in [2.05, 4.69) is 69.2 Å². The average Bonchev–Trinajstić information content (AvgIpc) is 3.49. The fraction of sp³-hybridized carbons (Fsp3) is 0.333. The predicted molar refractivity (Wildman–Crippen MR) is 128 cm³/mol. The molecule has 3 heterocycles. The van der Waals surface area contributed by atoms with Crippen LogP contribution < -0.4 is 0 Å². The summed E-state index contributed by atoms with van der Waals surface area (Å²) in [5, 5.41) is 8.19. The van der Waals surface area contributed by atoms with Gasteiger partial charge in [0.1, 0.15) is 0 Å². The Hall–Kier alpha value is -3.34. The number of likely N-dealkylation sites (tertiary alicyclic amines) is 1. The molecule has 0 radical (unpaired) electrons. The maximum atomic E-state index is 12.8. The minimum atomic E-state index is 0.290. The molecule has 1 amide bonds. The minimum absolute atomic E-state index is 0.290. The van der Waals surface area contributed by atoms with Crippen LogP contribution in [0.2, 0.25) is 0 Å². The molecule has 164 valence electrons. The van der Waals surface area contributed by atoms with Crippen molar-refractivity contribution in [2.45, 2.75) is 45.2 Å². The molecular weight excluding hydrogens is 396 g/mol. The van der Waals surface area contributed by atoms with Crippen molar-refractivity contribution in [1.82, 2.24) is 19.7 Å². The number of nitrogens with zero attached hydrogens (tertiary/aromatic N) is 3. The Kier molecular flexibility index (Phi) is 5.80. The molecule has 1 saturated heterocycles. The molecule has 32 heavy (non-hydrogen) atoms. The van der Waals surface area contributed by atoms with E-state index in [1.165, 1.54) is 22.0 Å². The Morgan fingerprint density at radius 1 is 1.12 bits per heavy atom. The van der Waals surface area contributed by atoms with E-state index in [0.717, 1.165) is 37.9 Å². The summed E-state index contributed by atoms with van der Waals surface area (Å²) >= 11 is 0. The first-order valence-electron chi connectivity index (χ1n) is 11.6. The van der Waals surface area contributed by atoms with E-state index in [0.29, 0.717) is 18.4 Å². The number of carbonyl (C=O) groups is 1. The third-order valence-electron chi connectivity index (χ3n) is 6.83. The third-order valence-corrected chi connectivity index (χ3v) is 6.83. The minimum Gasteiger partial charge on any atom is -0.347 e. The van der Waals surface area contributed by atoms with Crippen molar-refractivity contribution < 1.29 is 4.79 Å². The fourth-order valence-corrected chi connectivity index (χ4v) is 5.07. The van der Waals surface area contributed by atoms with Crippen LogP contribution in [0.4, 0.5) is 0 Å². The number of aromatic amines is 1. The number of H-pyrrole nitrogens is 1. The smallest absolute Gasteiger partial charge is 0.223 e. The number of carbonyl (C=O) groups excluding carboxylic acids is 1. The number of hydrogen-bond acceptors (Lipinski definition) is 2. The van der Waals surface area contributed by atoms with Gasteiger partial charge in [-0.1, -0.05) is 36.4 Å². The maximum absolute atomic E-state index is 12.8. The number of aromatic nitrogens is 3. The lowest BCUT2D eigenvalue weighted by Crippen LogP contribution is -2.45. The van der Waals surface area contributed by atoms with Gasteiger partial charge in [-0.2, -0.15) is 5.10 Å². The van der Waals surface area contributed by atoms with Gasteiger partial charge in [0.2, 0.25) is 5.91 Å². The number of piperidine rings is 1. The van der Waals surface area contributed by atoms with Gasteiger partial charge in [-0.3, -0.25) is 9.89 Å². The fourth-order valence-electron chi connectivity index (χ4n) is 5.07. The number of amides is 1. The van der Waals surface area contributed by atoms with E-state index in [1.54, 1.807) is 0 Å². The van der Waals surface area contributed by atoms with Crippen LogP contribution in [-0.2, 0) is 17.8 Å². The van der Waals surface area contributed by atoms with Crippen LogP contribution in [0.1, 0.15) is 31.7 Å². The highest BCUT2D eigenvalue weighted by Gasteiger charge is 2.28. The molecule has 1 N–H and O–H groups in total. The van der Waals surface area contributed by atoms with Crippen molar-refractivity contribution in [2.24, 2.45) is 5.92 Å². The van der Waals surface area contributed by atoms with Gasteiger partial charge in [-0.05, 0) is 61.4 Å². The molecule has 1 aliphatic rings. The molecule has 0 bridgehead atoms. The Balaban J connectivity index is 1.19. The first-order chi connectivity index (χ1) is 15.7. The van der Waals surface area contributed by atoms with Crippen molar-refractivity contribution in [3.63, 3.8) is 0 Å². The van der Waals surface area contributed by atoms with Crippen LogP contribution in [0.3, 0.4) is 0 Å². The second kappa shape index (κ2) is 9.03. The molecule has 1 fully saturated rings. The monoisotopic (exact) mass is 426 g/mol. The van der Waals surface area contributed by atoms with Crippen LogP contribution in [0.15, 0.2) is 73.2 Å². The van der Waals surface area contributed by atoms with Gasteiger partial charge >= 0.3 is 0 Å². The third kappa shape index (κ3) is 4.33. The summed E-state index contributed by atoms with van der Waals surface area (Å²) in [6.45, 7) is 4.08. The molecule has 4 aromatic rings. The van der Waals surface area contributed by atoms with Crippen molar-refractivity contribution in [3.8, 4) is 11.1 Å². The summed E-state index contributed by atoms with van der Waals surface area (Å²) in [6.07, 6.45) is 9.52. The lowest BCUT2D eigenvalue weighted by Gasteiger charge is -2.38. The number of fused-ring (bicyclic) bond motifs is 1. The summed E-state index contributed by atoms with van der Waals surface area (Å²) in [5.41, 5.74) is 4.79. The first kappa shape index (κ1) is 20.6. The van der Waals surface area contributed by atoms with Crippen LogP contribution in [0, 0.1) is 5.92 Å². The zero-order valence-corrected chi connectivity index (χ0v) is 18.6. The summed E-state index contributed by atoms with van der Waals surface area (Å²) in [7, 11) is 0. The predicted octanol–water partition coefficient (Wildman–Crippen LogP) is 5.29. The topological polar surface area (TPSA) is 53.9 Å². The number of nitrogens with one attached hydrogen (secondary N) is 1. The lowest BCUT2D eigenvalue weighted by molar-refractivity contribution is -0.135. The van der Waals surface area contributed by atoms with Crippen LogP contribution in [0.5, 0.6) is 0 Å². The molecule has 2 aromatic heterocycles. The molecule has 5 nitrogen and oxygen atoms in total. The second-order valence-corrected chi connectivity index (χ2v) is 9.04. The molecular formula is C27H30N4O. The van der Waals surface area contributed by atoms with E-state index in [1.807, 2.05) is 30.6 Å². The molecule has 2 atom stereocenters. The van der Waals surface area contributed by atoms with Gasteiger partial charge in [-0.15, -0.1) is 0 Å². The zero-order valence-electron chi connectivity index (χ0n) is 18.6. The summed E-state index contributed by atoms with van der Waals surface area (Å²) < 4.78 is 2.37. The highest BCUT2D eigenvalue weighted by atomic mass is 16.2. The summed E-state index contributed by atoms with van der Waals surface area (Å²) in [4.78, 5) is 14.9. The zero-order chi connectivity index (χ0) is 21.9. The molecule has 0 aliphatic carbocycles. The largest absolute Gasteiger partial charge is 0.347 e. The summed E-state index contributed by atoms with van der Waals surface area (Å²) in [6, 6.07) is 19.4. The van der Waals surface area contributed by atoms with Crippen LogP contribution >= 0.6 is 0 Å². The highest BCUT2D eigenvalue weighted by Crippen LogP contribution is 2.29. The second-order valence-electron chi connectivity index (χ2n) is 9.04. The van der Waals surface area contributed by atoms with Crippen LogP contribution in [-0.4, -0.2) is 38.2 Å². The quantitative estimate of drug-likeness (QED) is 0.455. The molecule has 2 unspecified atom stereocenters. The van der Waals surface area contributed by atoms with Gasteiger partial charge in [0, 0.05) is 54.4 Å². The van der Waals surface area contributed by atoms with Gasteiger partial charge in [0.05, 0.1) is 6.20 Å². The van der Waals surface area contributed by atoms with E-state index in [-0.39, 0.29) is 5.91 Å². The highest BCUT2D eigenvalue weighted by molar-refractivity contribution is 5.85. The maximum Gasteiger partial charge on any atom is 0.223 e. The van der Waals surface area contributed by atoms with Crippen molar-refractivity contribution >= 4 is 16.8 Å². The SMILES string of the molecule is CC1CC(Cn2ccc3cc(-c4cn[nH]c4)ccc32)CCN1C(=O)CCc1ccccc1. The molecule has 5 heteroatoms. The van der Waals surface area contributed by atoms with E-state index in [4.69, 9.17) is 0 Å². The summed E-state index contributed by atoms with van der Waals surface area (Å²) in [5.74, 6) is 0.880. The average molecular weight is 427 g/mol. The molecule has 5 rings (SSSR count). The van der Waals surface area contributed by atoms with E-state index >= 15 is 0 Å². The van der Waals surface area contributed by atoms with Crippen molar-refractivity contribution in [3.05, 3.63) is 78.8 Å². The van der Waals surface area contributed by atoms with Gasteiger partial charge in [0.15, 0.2) is 0 Å². The lowest BCUT2D eigenvalue weighted by atomic mass is 9.91. The van der Waals surface area contributed by atoms with Gasteiger partial charge < -0.3 is 9.47 Å². The molecule has 1 aliphatic heterocycles. The number of hydrogen-bond donors (Lipinski definition) is 1. The number of aryl methyl sites for hydroxylation is 1. The number of benzene rings is 2.